The van der Waals surface area contributed by atoms with Gasteiger partial charge in [0.2, 0.25) is 0 Å². The second-order valence-electron chi connectivity index (χ2n) is 17.8. The average molecular weight is 896 g/mol. The molecule has 4 aliphatic rings. The first-order chi connectivity index (χ1) is 31.2. The summed E-state index contributed by atoms with van der Waals surface area (Å²) in [5.74, 6) is 0.0742. The molecule has 0 radical (unpaired) electrons. The fourth-order valence-electron chi connectivity index (χ4n) is 10.3. The van der Waals surface area contributed by atoms with Crippen molar-refractivity contribution < 1.29 is 29.1 Å². The number of carbonyl (C=O) groups excluding carboxylic acids is 2. The third-order valence-electron chi connectivity index (χ3n) is 13.6. The van der Waals surface area contributed by atoms with Gasteiger partial charge in [-0.15, -0.1) is 22.1 Å². The van der Waals surface area contributed by atoms with E-state index in [2.05, 4.69) is 142 Å². The summed E-state index contributed by atoms with van der Waals surface area (Å²) in [6, 6.07) is 41.5. The van der Waals surface area contributed by atoms with Crippen molar-refractivity contribution in [2.45, 2.75) is 59.3 Å². The van der Waals surface area contributed by atoms with Gasteiger partial charge in [0.15, 0.2) is 11.6 Å². The maximum atomic E-state index is 14.0. The predicted molar refractivity (Wildman–Crippen MR) is 260 cm³/mol. The van der Waals surface area contributed by atoms with Gasteiger partial charge in [0.1, 0.15) is 0 Å². The maximum absolute atomic E-state index is 14.0. The molecule has 0 spiro atoms. The Morgan fingerprint density at radius 1 is 0.431 bits per heavy atom. The number of benzene rings is 4. The molecule has 7 heteroatoms. The summed E-state index contributed by atoms with van der Waals surface area (Å²) >= 11 is 0. The van der Waals surface area contributed by atoms with Crippen LogP contribution in [-0.4, -0.2) is 21.5 Å². The summed E-state index contributed by atoms with van der Waals surface area (Å²) in [6.07, 6.45) is 11.7. The first-order valence-electron chi connectivity index (χ1n) is 22.3. The van der Waals surface area contributed by atoms with Crippen molar-refractivity contribution in [3.63, 3.8) is 0 Å². The number of hydrogen-bond acceptors (Lipinski definition) is 4. The number of carbonyl (C=O) groups is 2. The van der Waals surface area contributed by atoms with E-state index in [-0.39, 0.29) is 42.9 Å². The van der Waals surface area contributed by atoms with Gasteiger partial charge in [0.25, 0.3) is 0 Å². The second-order valence-corrected chi connectivity index (χ2v) is 17.8. The van der Waals surface area contributed by atoms with E-state index in [4.69, 9.17) is 19.9 Å². The normalized spacial score (nSPS) is 16.7. The number of aromatic nitrogens is 4. The molecule has 8 bridgehead atoms. The molecule has 3 aromatic heterocycles. The van der Waals surface area contributed by atoms with Crippen molar-refractivity contribution in [2.24, 2.45) is 5.92 Å². The van der Waals surface area contributed by atoms with Crippen molar-refractivity contribution in [3.8, 4) is 33.4 Å². The molecule has 2 aliphatic carbocycles. The molecule has 0 unspecified atom stereocenters. The van der Waals surface area contributed by atoms with Crippen LogP contribution in [0.2, 0.25) is 0 Å². The molecule has 1 fully saturated rings. The smallest absolute Gasteiger partial charge is 0.657 e. The summed E-state index contributed by atoms with van der Waals surface area (Å²) in [6.45, 7) is 8.15. The number of aryl methyl sites for hydroxylation is 3. The Morgan fingerprint density at radius 2 is 0.800 bits per heavy atom. The summed E-state index contributed by atoms with van der Waals surface area (Å²) < 4.78 is 0. The van der Waals surface area contributed by atoms with Gasteiger partial charge in [-0.2, -0.15) is 0 Å². The van der Waals surface area contributed by atoms with Gasteiger partial charge in [-0.25, -0.2) is 9.97 Å². The minimum absolute atomic E-state index is 0. The summed E-state index contributed by atoms with van der Waals surface area (Å²) in [4.78, 5) is 49.4. The summed E-state index contributed by atoms with van der Waals surface area (Å²) in [5.41, 5.74) is 19.8. The van der Waals surface area contributed by atoms with Crippen LogP contribution in [0.15, 0.2) is 132 Å². The zero-order valence-corrected chi connectivity index (χ0v) is 40.1. The predicted octanol–water partition coefficient (Wildman–Crippen LogP) is 13.5. The summed E-state index contributed by atoms with van der Waals surface area (Å²) in [5, 5.41) is 0. The van der Waals surface area contributed by atoms with Crippen molar-refractivity contribution >= 4 is 57.9 Å². The van der Waals surface area contributed by atoms with E-state index in [1.54, 1.807) is 12.1 Å². The molecular formula is C58H46N4O2Zn. The Balaban J connectivity index is 0.00000498. The van der Waals surface area contributed by atoms with Crippen molar-refractivity contribution in [1.82, 2.24) is 19.9 Å². The first-order valence-corrected chi connectivity index (χ1v) is 22.3. The van der Waals surface area contributed by atoms with E-state index in [0.29, 0.717) is 22.3 Å². The molecule has 5 heterocycles. The molecule has 65 heavy (non-hydrogen) atoms. The molecule has 4 aromatic carbocycles. The number of Topliss-reactive ketones (excluding diaryl/α,β-unsaturated/α-hetero) is 2. The van der Waals surface area contributed by atoms with Crippen molar-refractivity contribution in [2.75, 3.05) is 0 Å². The molecule has 7 aromatic rings. The van der Waals surface area contributed by atoms with Crippen LogP contribution in [0.3, 0.4) is 0 Å². The van der Waals surface area contributed by atoms with Gasteiger partial charge in [0.05, 0.1) is 22.8 Å². The van der Waals surface area contributed by atoms with Crippen molar-refractivity contribution in [3.05, 3.63) is 189 Å². The minimum Gasteiger partial charge on any atom is -0.657 e. The molecular weight excluding hydrogens is 850 g/mol. The standard InChI is InChI=1S/C58H46N4O2.Zn/c1-33-9-15-38(16-10-33)53-44-25-27-46(59-44)54(39-17-11-34(2)12-18-39)48-29-31-50(61-48)56(41-23-21-37(22-24-41)52-36(4)57(63)42-7-5-6-8-43(42)58(52)64)51-32-30-49(62-51)55(47-28-26-45(53)60-47)40-19-13-35(3)14-20-40;/h5-20,25-32,37,41H,21-24H2,1-4H3;/q-2;+2. The minimum atomic E-state index is -0.0374. The van der Waals surface area contributed by atoms with Crippen LogP contribution >= 0.6 is 0 Å². The van der Waals surface area contributed by atoms with E-state index in [0.717, 1.165) is 109 Å². The number of ketones is 2. The van der Waals surface area contributed by atoms with Crippen molar-refractivity contribution in [1.29, 1.82) is 0 Å². The quantitative estimate of drug-likeness (QED) is 0.160. The molecule has 0 N–H and O–H groups in total. The number of allylic oxidation sites excluding steroid dienone is 2. The third kappa shape index (κ3) is 7.52. The van der Waals surface area contributed by atoms with Gasteiger partial charge in [-0.3, -0.25) is 9.59 Å². The molecule has 2 aliphatic heterocycles. The number of fused-ring (bicyclic) bond motifs is 9. The van der Waals surface area contributed by atoms with E-state index in [1.165, 1.54) is 16.7 Å². The molecule has 0 amide bonds. The Kier molecular flexibility index (Phi) is 11.0. The monoisotopic (exact) mass is 894 g/mol. The SMILES string of the molecule is CC1=C(C2CCC(c3c4nc(c(-c5ccc(C)cc5)c5ccc([n-]5)c(-c5ccc(C)cc5)c5nc(c(-c6ccc(C)cc6)c6ccc3[n-]6)C=C5)C=C4)CC2)C(=O)c2ccccc2C1=O.[Zn+2]. The van der Waals surface area contributed by atoms with Gasteiger partial charge < -0.3 is 9.97 Å². The van der Waals surface area contributed by atoms with Crippen LogP contribution in [0.5, 0.6) is 0 Å². The first kappa shape index (κ1) is 42.2. The molecule has 1 saturated carbocycles. The van der Waals surface area contributed by atoms with Crippen LogP contribution in [0.25, 0.3) is 79.8 Å². The van der Waals surface area contributed by atoms with E-state index in [1.807, 2.05) is 19.1 Å². The number of hydrogen-bond donors (Lipinski definition) is 0. The fraction of sp³-hybridized carbons (Fsp3) is 0.172. The van der Waals surface area contributed by atoms with Crippen LogP contribution in [0.1, 0.15) is 104 Å². The molecule has 11 rings (SSSR count). The Hall–Kier alpha value is -6.82. The van der Waals surface area contributed by atoms with Gasteiger partial charge in [0, 0.05) is 22.3 Å². The molecule has 6 nitrogen and oxygen atoms in total. The molecule has 0 saturated heterocycles. The van der Waals surface area contributed by atoms with Gasteiger partial charge in [-0.1, -0.05) is 138 Å². The maximum Gasteiger partial charge on any atom is 2.00 e. The average Bonchev–Trinajstić information content (AvgIpc) is 4.16. The largest absolute Gasteiger partial charge is 2.00 e. The van der Waals surface area contributed by atoms with Crippen LogP contribution in [-0.2, 0) is 19.5 Å². The van der Waals surface area contributed by atoms with E-state index >= 15 is 0 Å². The van der Waals surface area contributed by atoms with E-state index < -0.39 is 0 Å². The summed E-state index contributed by atoms with van der Waals surface area (Å²) in [7, 11) is 0. The third-order valence-corrected chi connectivity index (χ3v) is 13.6. The zero-order valence-electron chi connectivity index (χ0n) is 37.2. The molecule has 312 valence electrons. The molecule has 0 atom stereocenters. The van der Waals surface area contributed by atoms with E-state index in [9.17, 15) is 9.59 Å². The van der Waals surface area contributed by atoms with Crippen LogP contribution in [0.4, 0.5) is 0 Å². The second kappa shape index (κ2) is 17.0. The van der Waals surface area contributed by atoms with Gasteiger partial charge >= 0.3 is 19.5 Å². The van der Waals surface area contributed by atoms with Crippen LogP contribution < -0.4 is 9.97 Å². The fourth-order valence-corrected chi connectivity index (χ4v) is 10.3. The van der Waals surface area contributed by atoms with Crippen LogP contribution in [0, 0.1) is 26.7 Å². The Morgan fingerprint density at radius 3 is 1.26 bits per heavy atom. The van der Waals surface area contributed by atoms with Gasteiger partial charge in [-0.05, 0) is 128 Å². The zero-order chi connectivity index (χ0) is 43.6. The number of nitrogens with zero attached hydrogens (tertiary/aromatic N) is 4. The Labute approximate surface area is 392 Å². The number of rotatable bonds is 5. The Bertz CT molecular complexity index is 3290. The topological polar surface area (TPSA) is 88.1 Å².